The van der Waals surface area contributed by atoms with E-state index in [0.29, 0.717) is 6.54 Å². The predicted molar refractivity (Wildman–Crippen MR) is 96.3 cm³/mol. The van der Waals surface area contributed by atoms with Gasteiger partial charge in [-0.2, -0.15) is 5.53 Å². The van der Waals surface area contributed by atoms with E-state index in [9.17, 15) is 4.79 Å². The number of nitrogens with two attached hydrogens (primary N) is 1. The van der Waals surface area contributed by atoms with Crippen LogP contribution in [0.5, 0.6) is 0 Å². The molecular formula is C15H31N5OS. The third-order valence-corrected chi connectivity index (χ3v) is 4.58. The third kappa shape index (κ3) is 7.93. The fourth-order valence-electron chi connectivity index (χ4n) is 1.65. The van der Waals surface area contributed by atoms with Gasteiger partial charge in [0.1, 0.15) is 0 Å². The van der Waals surface area contributed by atoms with Crippen molar-refractivity contribution in [3.63, 3.8) is 0 Å². The second kappa shape index (κ2) is 12.6. The van der Waals surface area contributed by atoms with Gasteiger partial charge < -0.3 is 5.32 Å². The lowest BCUT2D eigenvalue weighted by Gasteiger charge is -2.36. The number of hydrogen-bond donors (Lipinski definition) is 4. The Kier molecular flexibility index (Phi) is 12.1. The number of carbonyl (C=O) groups is 1. The first-order chi connectivity index (χ1) is 10.5. The van der Waals surface area contributed by atoms with Crippen molar-refractivity contribution in [3.05, 3.63) is 11.3 Å². The fraction of sp³-hybridized carbons (Fsp3) is 0.733. The molecule has 0 aromatic rings. The first kappa shape index (κ1) is 21.1. The Bertz CT molecular complexity index is 367. The molecule has 1 rings (SSSR count). The zero-order valence-corrected chi connectivity index (χ0v) is 15.1. The molecule has 2 atom stereocenters. The van der Waals surface area contributed by atoms with Crippen LogP contribution in [0.2, 0.25) is 0 Å². The lowest BCUT2D eigenvalue weighted by atomic mass is 9.98. The van der Waals surface area contributed by atoms with E-state index in [1.807, 2.05) is 13.8 Å². The average molecular weight is 330 g/mol. The van der Waals surface area contributed by atoms with Gasteiger partial charge in [-0.3, -0.25) is 15.6 Å². The van der Waals surface area contributed by atoms with Crippen LogP contribution in [0, 0.1) is 5.92 Å². The zero-order valence-electron chi connectivity index (χ0n) is 14.2. The fourth-order valence-corrected chi connectivity index (χ4v) is 3.05. The smallest absolute Gasteiger partial charge is 0.227 e. The molecular weight excluding hydrogens is 298 g/mol. The average Bonchev–Trinajstić information content (AvgIpc) is 2.50. The largest absolute Gasteiger partial charge is 0.343 e. The van der Waals surface area contributed by atoms with Crippen molar-refractivity contribution in [1.29, 1.82) is 0 Å². The number of amides is 1. The van der Waals surface area contributed by atoms with E-state index in [1.165, 1.54) is 12.8 Å². The van der Waals surface area contributed by atoms with Crippen LogP contribution < -0.4 is 22.1 Å². The van der Waals surface area contributed by atoms with E-state index in [-0.39, 0.29) is 17.2 Å². The van der Waals surface area contributed by atoms with Crippen LogP contribution in [0.4, 0.5) is 0 Å². The third-order valence-electron chi connectivity index (χ3n) is 3.34. The Hall–Kier alpha value is -0.890. The first-order valence-corrected chi connectivity index (χ1v) is 8.80. The van der Waals surface area contributed by atoms with Gasteiger partial charge >= 0.3 is 0 Å². The summed E-state index contributed by atoms with van der Waals surface area (Å²) >= 11 is 1.69. The summed E-state index contributed by atoms with van der Waals surface area (Å²) in [6, 6.07) is 0. The van der Waals surface area contributed by atoms with Crippen LogP contribution >= 0.6 is 11.8 Å². The quantitative estimate of drug-likeness (QED) is 0.171. The van der Waals surface area contributed by atoms with E-state index in [0.717, 1.165) is 23.4 Å². The highest BCUT2D eigenvalue weighted by Crippen LogP contribution is 2.29. The predicted octanol–water partition coefficient (Wildman–Crippen LogP) is 1.95. The number of carbonyl (C=O) groups excluding carboxylic acids is 1. The molecule has 5 N–H and O–H groups in total. The second-order valence-corrected chi connectivity index (χ2v) is 6.44. The summed E-state index contributed by atoms with van der Waals surface area (Å²) in [5, 5.41) is 3.06. The highest BCUT2D eigenvalue weighted by molar-refractivity contribution is 8.00. The number of aliphatic imine (C=N–C) groups is 1. The molecule has 0 radical (unpaired) electrons. The highest BCUT2D eigenvalue weighted by Gasteiger charge is 2.38. The van der Waals surface area contributed by atoms with E-state index in [4.69, 9.17) is 5.84 Å². The van der Waals surface area contributed by atoms with Gasteiger partial charge in [-0.05, 0) is 27.0 Å². The van der Waals surface area contributed by atoms with Crippen LogP contribution in [-0.4, -0.2) is 30.3 Å². The normalized spacial score (nSPS) is 19.4. The molecule has 6 nitrogen and oxygen atoms in total. The first-order valence-electron chi connectivity index (χ1n) is 7.75. The maximum atomic E-state index is 11.4. The molecule has 1 unspecified atom stereocenters. The van der Waals surface area contributed by atoms with E-state index < -0.39 is 0 Å². The summed E-state index contributed by atoms with van der Waals surface area (Å²) in [5.41, 5.74) is 7.29. The summed E-state index contributed by atoms with van der Waals surface area (Å²) in [6.07, 6.45) is 3.40. The van der Waals surface area contributed by atoms with Gasteiger partial charge in [0, 0.05) is 18.0 Å². The molecule has 1 amide bonds. The van der Waals surface area contributed by atoms with E-state index in [1.54, 1.807) is 11.8 Å². The molecule has 0 aromatic carbocycles. The van der Waals surface area contributed by atoms with Crippen molar-refractivity contribution in [2.24, 2.45) is 16.8 Å². The molecule has 0 bridgehead atoms. The van der Waals surface area contributed by atoms with Crippen molar-refractivity contribution < 1.29 is 4.79 Å². The zero-order chi connectivity index (χ0) is 17.0. The summed E-state index contributed by atoms with van der Waals surface area (Å²) in [7, 11) is 0. The van der Waals surface area contributed by atoms with Gasteiger partial charge in [0.2, 0.25) is 5.91 Å². The maximum Gasteiger partial charge on any atom is 0.227 e. The molecule has 0 aromatic heterocycles. The summed E-state index contributed by atoms with van der Waals surface area (Å²) in [6.45, 7) is 12.6. The number of nitrogens with one attached hydrogen (secondary N) is 3. The summed E-state index contributed by atoms with van der Waals surface area (Å²) in [4.78, 5) is 15.4. The van der Waals surface area contributed by atoms with Crippen LogP contribution in [0.25, 0.3) is 0 Å². The summed E-state index contributed by atoms with van der Waals surface area (Å²) in [5.74, 6) is 6.02. The van der Waals surface area contributed by atoms with Gasteiger partial charge in [0.25, 0.3) is 0 Å². The monoisotopic (exact) mass is 329 g/mol. The lowest BCUT2D eigenvalue weighted by molar-refractivity contribution is -0.132. The van der Waals surface area contributed by atoms with Gasteiger partial charge in [0.15, 0.2) is 0 Å². The highest BCUT2D eigenvalue weighted by atomic mass is 32.2. The van der Waals surface area contributed by atoms with Gasteiger partial charge in [-0.25, -0.2) is 5.43 Å². The number of nitrogens with zero attached hydrogens (tertiary/aromatic N) is 1. The molecule has 1 saturated heterocycles. The number of hydrazine groups is 2. The molecule has 1 heterocycles. The standard InChI is InChI=1S/C11H21N5OS.C4H10/c1-7(2)9(13-3)6-18-11-8(10(17)15-11)4-5-14-16-12;1-3-4-2/h8,11,14,16H,3-6,12H2,1-2H3,(H,15,17);3-4H2,1-2H3/t8?,11-;/m1./s1. The van der Waals surface area contributed by atoms with Crippen molar-refractivity contribution >= 4 is 24.4 Å². The Morgan fingerprint density at radius 3 is 2.45 bits per heavy atom. The number of rotatable bonds is 9. The minimum Gasteiger partial charge on any atom is -0.343 e. The number of unbranched alkanes of at least 4 members (excludes halogenated alkanes) is 1. The maximum absolute atomic E-state index is 11.4. The van der Waals surface area contributed by atoms with Gasteiger partial charge in [-0.15, -0.1) is 11.8 Å². The van der Waals surface area contributed by atoms with Gasteiger partial charge in [-0.1, -0.05) is 32.3 Å². The van der Waals surface area contributed by atoms with Crippen molar-refractivity contribution in [1.82, 2.24) is 16.3 Å². The number of hydrogen-bond acceptors (Lipinski definition) is 6. The van der Waals surface area contributed by atoms with Gasteiger partial charge in [0.05, 0.1) is 11.3 Å². The molecule has 0 aliphatic carbocycles. The molecule has 128 valence electrons. The van der Waals surface area contributed by atoms with Crippen LogP contribution in [0.15, 0.2) is 16.3 Å². The summed E-state index contributed by atoms with van der Waals surface area (Å²) < 4.78 is 0. The van der Waals surface area contributed by atoms with Crippen LogP contribution in [0.1, 0.15) is 47.0 Å². The SMILES string of the molecule is C=NC(CS[C@H]1NC(=O)C1CCNNN)=C(C)C.CCCC. The topological polar surface area (TPSA) is 91.5 Å². The van der Waals surface area contributed by atoms with Crippen LogP contribution in [0.3, 0.4) is 0 Å². The molecule has 0 spiro atoms. The van der Waals surface area contributed by atoms with E-state index in [2.05, 4.69) is 41.8 Å². The van der Waals surface area contributed by atoms with E-state index >= 15 is 0 Å². The Morgan fingerprint density at radius 2 is 2.05 bits per heavy atom. The second-order valence-electron chi connectivity index (χ2n) is 5.31. The lowest BCUT2D eigenvalue weighted by Crippen LogP contribution is -2.57. The minimum atomic E-state index is 0.0408. The van der Waals surface area contributed by atoms with Crippen LogP contribution in [-0.2, 0) is 4.79 Å². The van der Waals surface area contributed by atoms with Crippen molar-refractivity contribution in [2.45, 2.75) is 52.3 Å². The molecule has 22 heavy (non-hydrogen) atoms. The Balaban J connectivity index is 0.000000980. The number of allylic oxidation sites excluding steroid dienone is 1. The molecule has 7 heteroatoms. The molecule has 0 saturated carbocycles. The molecule has 1 fully saturated rings. The van der Waals surface area contributed by atoms with Crippen molar-refractivity contribution in [2.75, 3.05) is 12.3 Å². The van der Waals surface area contributed by atoms with Crippen molar-refractivity contribution in [3.8, 4) is 0 Å². The minimum absolute atomic E-state index is 0.0408. The molecule has 1 aliphatic rings. The number of β-lactam (4-membered cyclic amide) rings is 1. The molecule has 1 aliphatic heterocycles. The Labute approximate surface area is 138 Å². The number of thioether (sulfide) groups is 1. The Morgan fingerprint density at radius 1 is 1.41 bits per heavy atom.